The molecule has 0 bridgehead atoms. The summed E-state index contributed by atoms with van der Waals surface area (Å²) in [4.78, 5) is 21.7. The molecule has 0 fully saturated rings. The highest BCUT2D eigenvalue weighted by atomic mass is 16.4. The average Bonchev–Trinajstić information content (AvgIpc) is 2.24. The van der Waals surface area contributed by atoms with Crippen LogP contribution < -0.4 is 5.32 Å². The van der Waals surface area contributed by atoms with Crippen LogP contribution in [-0.4, -0.2) is 17.0 Å². The molecule has 1 unspecified atom stereocenters. The van der Waals surface area contributed by atoms with Crippen molar-refractivity contribution in [1.82, 2.24) is 5.32 Å². The summed E-state index contributed by atoms with van der Waals surface area (Å²) in [6.45, 7) is 3.39. The molecule has 0 aliphatic carbocycles. The molecule has 0 saturated heterocycles. The van der Waals surface area contributed by atoms with E-state index in [0.29, 0.717) is 6.42 Å². The van der Waals surface area contributed by atoms with E-state index >= 15 is 0 Å². The fourth-order valence-electron chi connectivity index (χ4n) is 1.80. The second kappa shape index (κ2) is 6.03. The van der Waals surface area contributed by atoms with E-state index in [-0.39, 0.29) is 18.4 Å². The van der Waals surface area contributed by atoms with Gasteiger partial charge < -0.3 is 10.4 Å². The van der Waals surface area contributed by atoms with Crippen LogP contribution in [0.3, 0.4) is 0 Å². The van der Waals surface area contributed by atoms with E-state index in [2.05, 4.69) is 5.32 Å². The Bertz CT molecular complexity index is 415. The number of carbonyl (C=O) groups is 2. The van der Waals surface area contributed by atoms with Gasteiger partial charge in [-0.1, -0.05) is 24.3 Å². The first kappa shape index (κ1) is 13.2. The zero-order valence-electron chi connectivity index (χ0n) is 10.1. The summed E-state index contributed by atoms with van der Waals surface area (Å²) >= 11 is 0. The van der Waals surface area contributed by atoms with Crippen molar-refractivity contribution >= 4 is 11.9 Å². The highest BCUT2D eigenvalue weighted by Gasteiger charge is 2.15. The molecule has 1 aromatic carbocycles. The number of carboxylic acids is 1. The van der Waals surface area contributed by atoms with Gasteiger partial charge in [-0.15, -0.1) is 0 Å². The van der Waals surface area contributed by atoms with E-state index in [1.165, 1.54) is 6.92 Å². The summed E-state index contributed by atoms with van der Waals surface area (Å²) < 4.78 is 0. The lowest BCUT2D eigenvalue weighted by Gasteiger charge is -2.19. The maximum Gasteiger partial charge on any atom is 0.303 e. The second-order valence-electron chi connectivity index (χ2n) is 4.04. The van der Waals surface area contributed by atoms with Crippen molar-refractivity contribution in [2.75, 3.05) is 0 Å². The Hall–Kier alpha value is -1.84. The Morgan fingerprint density at radius 3 is 2.53 bits per heavy atom. The molecule has 0 spiro atoms. The van der Waals surface area contributed by atoms with Gasteiger partial charge in [0.2, 0.25) is 5.91 Å². The van der Waals surface area contributed by atoms with Crippen molar-refractivity contribution in [3.8, 4) is 0 Å². The molecule has 1 rings (SSSR count). The van der Waals surface area contributed by atoms with Crippen molar-refractivity contribution in [2.24, 2.45) is 0 Å². The van der Waals surface area contributed by atoms with Gasteiger partial charge in [-0.25, -0.2) is 0 Å². The summed E-state index contributed by atoms with van der Waals surface area (Å²) in [7, 11) is 0. The molecule has 4 heteroatoms. The summed E-state index contributed by atoms with van der Waals surface area (Å²) in [6, 6.07) is 7.44. The van der Waals surface area contributed by atoms with Crippen LogP contribution in [0.4, 0.5) is 0 Å². The topological polar surface area (TPSA) is 66.4 Å². The summed E-state index contributed by atoms with van der Waals surface area (Å²) in [5.41, 5.74) is 2.03. The molecule has 92 valence electrons. The number of aryl methyl sites for hydroxylation is 1. The minimum atomic E-state index is -0.853. The molecule has 1 aromatic rings. The number of carbonyl (C=O) groups excluding carboxylic acids is 1. The van der Waals surface area contributed by atoms with Gasteiger partial charge in [0, 0.05) is 13.3 Å². The van der Waals surface area contributed by atoms with E-state index in [1.807, 2.05) is 31.2 Å². The summed E-state index contributed by atoms with van der Waals surface area (Å²) in [6.07, 6.45) is 0.443. The maximum absolute atomic E-state index is 11.1. The molecular formula is C13H17NO3. The number of aliphatic carboxylic acids is 1. The third-order valence-electron chi connectivity index (χ3n) is 2.59. The highest BCUT2D eigenvalue weighted by Crippen LogP contribution is 2.21. The Morgan fingerprint density at radius 1 is 1.35 bits per heavy atom. The number of hydrogen-bond donors (Lipinski definition) is 2. The van der Waals surface area contributed by atoms with Gasteiger partial charge in [-0.05, 0) is 24.5 Å². The SMILES string of the molecule is CC(=O)NC(CCC(=O)O)c1ccccc1C. The van der Waals surface area contributed by atoms with Gasteiger partial charge in [-0.3, -0.25) is 9.59 Å². The van der Waals surface area contributed by atoms with Gasteiger partial charge in [0.25, 0.3) is 0 Å². The number of carboxylic acid groups (broad SMARTS) is 1. The highest BCUT2D eigenvalue weighted by molar-refractivity contribution is 5.73. The molecule has 0 aliphatic rings. The minimum Gasteiger partial charge on any atom is -0.481 e. The van der Waals surface area contributed by atoms with Crippen LogP contribution in [0.15, 0.2) is 24.3 Å². The lowest BCUT2D eigenvalue weighted by molar-refractivity contribution is -0.137. The Labute approximate surface area is 101 Å². The molecule has 0 aliphatic heterocycles. The van der Waals surface area contributed by atoms with Crippen molar-refractivity contribution in [1.29, 1.82) is 0 Å². The number of nitrogens with one attached hydrogen (secondary N) is 1. The van der Waals surface area contributed by atoms with E-state index in [1.54, 1.807) is 0 Å². The predicted octanol–water partition coefficient (Wildman–Crippen LogP) is 2.04. The van der Waals surface area contributed by atoms with Crippen LogP contribution in [0.1, 0.15) is 36.9 Å². The molecule has 0 aromatic heterocycles. The van der Waals surface area contributed by atoms with Crippen molar-refractivity contribution < 1.29 is 14.7 Å². The third-order valence-corrected chi connectivity index (χ3v) is 2.59. The quantitative estimate of drug-likeness (QED) is 0.820. The number of amides is 1. The van der Waals surface area contributed by atoms with Crippen LogP contribution in [0.2, 0.25) is 0 Å². The van der Waals surface area contributed by atoms with Gasteiger partial charge in [-0.2, -0.15) is 0 Å². The molecule has 2 N–H and O–H groups in total. The molecule has 4 nitrogen and oxygen atoms in total. The minimum absolute atomic E-state index is 0.0410. The van der Waals surface area contributed by atoms with Gasteiger partial charge in [0.15, 0.2) is 0 Å². The standard InChI is InChI=1S/C13H17NO3/c1-9-5-3-4-6-11(9)12(14-10(2)15)7-8-13(16)17/h3-6,12H,7-8H2,1-2H3,(H,14,15)(H,16,17). The fourth-order valence-corrected chi connectivity index (χ4v) is 1.80. The largest absolute Gasteiger partial charge is 0.481 e. The van der Waals surface area contributed by atoms with Crippen LogP contribution >= 0.6 is 0 Å². The molecule has 0 radical (unpaired) electrons. The summed E-state index contributed by atoms with van der Waals surface area (Å²) in [5, 5.41) is 11.5. The molecule has 0 heterocycles. The van der Waals surface area contributed by atoms with Crippen molar-refractivity contribution in [3.63, 3.8) is 0 Å². The van der Waals surface area contributed by atoms with Crippen LogP contribution in [0.25, 0.3) is 0 Å². The zero-order valence-corrected chi connectivity index (χ0v) is 10.1. The first-order valence-electron chi connectivity index (χ1n) is 5.55. The van der Waals surface area contributed by atoms with Crippen LogP contribution in [0, 0.1) is 6.92 Å². The molecule has 1 atom stereocenters. The van der Waals surface area contributed by atoms with E-state index in [9.17, 15) is 9.59 Å². The predicted molar refractivity (Wildman–Crippen MR) is 64.6 cm³/mol. The third kappa shape index (κ3) is 4.26. The van der Waals surface area contributed by atoms with Crippen molar-refractivity contribution in [3.05, 3.63) is 35.4 Å². The Kier molecular flexibility index (Phi) is 4.69. The van der Waals surface area contributed by atoms with Gasteiger partial charge in [0.1, 0.15) is 0 Å². The van der Waals surface area contributed by atoms with E-state index in [0.717, 1.165) is 11.1 Å². The van der Waals surface area contributed by atoms with E-state index < -0.39 is 5.97 Å². The number of benzene rings is 1. The Balaban J connectivity index is 2.85. The molecule has 1 amide bonds. The lowest BCUT2D eigenvalue weighted by atomic mass is 9.97. The zero-order chi connectivity index (χ0) is 12.8. The molecular weight excluding hydrogens is 218 g/mol. The first-order valence-corrected chi connectivity index (χ1v) is 5.55. The normalized spacial score (nSPS) is 11.9. The van der Waals surface area contributed by atoms with Crippen LogP contribution in [-0.2, 0) is 9.59 Å². The van der Waals surface area contributed by atoms with Gasteiger partial charge >= 0.3 is 5.97 Å². The van der Waals surface area contributed by atoms with Crippen molar-refractivity contribution in [2.45, 2.75) is 32.7 Å². The van der Waals surface area contributed by atoms with E-state index in [4.69, 9.17) is 5.11 Å². The molecule has 17 heavy (non-hydrogen) atoms. The number of hydrogen-bond acceptors (Lipinski definition) is 2. The lowest BCUT2D eigenvalue weighted by Crippen LogP contribution is -2.27. The molecule has 0 saturated carbocycles. The smallest absolute Gasteiger partial charge is 0.303 e. The van der Waals surface area contributed by atoms with Gasteiger partial charge in [0.05, 0.1) is 6.04 Å². The van der Waals surface area contributed by atoms with Crippen LogP contribution in [0.5, 0.6) is 0 Å². The fraction of sp³-hybridized carbons (Fsp3) is 0.385. The Morgan fingerprint density at radius 2 is 2.00 bits per heavy atom. The first-order chi connectivity index (χ1) is 8.00. The number of rotatable bonds is 5. The maximum atomic E-state index is 11.1. The monoisotopic (exact) mass is 235 g/mol. The summed E-state index contributed by atoms with van der Waals surface area (Å²) in [5.74, 6) is -1.00. The second-order valence-corrected chi connectivity index (χ2v) is 4.04. The average molecular weight is 235 g/mol.